The zero-order valence-electron chi connectivity index (χ0n) is 7.44. The minimum atomic E-state index is 0.459. The van der Waals surface area contributed by atoms with Crippen molar-refractivity contribution in [2.24, 2.45) is 0 Å². The molecule has 0 bridgehead atoms. The van der Waals surface area contributed by atoms with Gasteiger partial charge in [-0.25, -0.2) is 0 Å². The first-order valence-electron chi connectivity index (χ1n) is 4.27. The van der Waals surface area contributed by atoms with E-state index in [2.05, 4.69) is 4.98 Å². The molecule has 0 aliphatic carbocycles. The molecule has 0 unspecified atom stereocenters. The lowest BCUT2D eigenvalue weighted by Gasteiger charge is -2.04. The SMILES string of the molecule is S=C(Oc1ccccc1)c1ccc[nH]1. The quantitative estimate of drug-likeness (QED) is 0.759. The molecule has 0 fully saturated rings. The van der Waals surface area contributed by atoms with Crippen LogP contribution in [0.25, 0.3) is 0 Å². The average Bonchev–Trinajstić information content (AvgIpc) is 2.72. The molecule has 2 rings (SSSR count). The second kappa shape index (κ2) is 4.07. The van der Waals surface area contributed by atoms with Gasteiger partial charge in [-0.2, -0.15) is 0 Å². The van der Waals surface area contributed by atoms with Crippen LogP contribution >= 0.6 is 12.2 Å². The Morgan fingerprint density at radius 2 is 1.86 bits per heavy atom. The van der Waals surface area contributed by atoms with E-state index in [1.54, 1.807) is 0 Å². The molecule has 0 saturated heterocycles. The number of nitrogens with one attached hydrogen (secondary N) is 1. The van der Waals surface area contributed by atoms with Crippen LogP contribution < -0.4 is 4.74 Å². The summed E-state index contributed by atoms with van der Waals surface area (Å²) in [5, 5.41) is 0.459. The number of ether oxygens (including phenoxy) is 1. The third kappa shape index (κ3) is 2.00. The molecule has 0 aliphatic heterocycles. The maximum atomic E-state index is 5.46. The second-order valence-electron chi connectivity index (χ2n) is 2.79. The number of aromatic nitrogens is 1. The van der Waals surface area contributed by atoms with Gasteiger partial charge >= 0.3 is 0 Å². The molecule has 0 radical (unpaired) electrons. The number of thiocarbonyl (C=S) groups is 1. The van der Waals surface area contributed by atoms with Crippen LogP contribution in [0.5, 0.6) is 5.75 Å². The number of hydrogen-bond donors (Lipinski definition) is 1. The molecule has 0 aliphatic rings. The lowest BCUT2D eigenvalue weighted by atomic mass is 10.3. The van der Waals surface area contributed by atoms with E-state index in [4.69, 9.17) is 17.0 Å². The first-order valence-corrected chi connectivity index (χ1v) is 4.68. The van der Waals surface area contributed by atoms with Crippen molar-refractivity contribution in [3.05, 3.63) is 54.4 Å². The van der Waals surface area contributed by atoms with Crippen LogP contribution in [-0.2, 0) is 0 Å². The van der Waals surface area contributed by atoms with Crippen LogP contribution in [0.4, 0.5) is 0 Å². The predicted molar refractivity (Wildman–Crippen MR) is 59.6 cm³/mol. The number of aromatic amines is 1. The highest BCUT2D eigenvalue weighted by Gasteiger charge is 2.02. The summed E-state index contributed by atoms with van der Waals surface area (Å²) < 4.78 is 5.46. The van der Waals surface area contributed by atoms with Crippen molar-refractivity contribution in [2.75, 3.05) is 0 Å². The molecule has 3 heteroatoms. The van der Waals surface area contributed by atoms with Gasteiger partial charge in [0.15, 0.2) is 0 Å². The zero-order chi connectivity index (χ0) is 9.80. The van der Waals surface area contributed by atoms with Crippen LogP contribution in [0.3, 0.4) is 0 Å². The number of benzene rings is 1. The maximum absolute atomic E-state index is 5.46. The van der Waals surface area contributed by atoms with Gasteiger partial charge in [0, 0.05) is 6.20 Å². The van der Waals surface area contributed by atoms with E-state index in [0.29, 0.717) is 5.05 Å². The molecule has 0 atom stereocenters. The lowest BCUT2D eigenvalue weighted by Crippen LogP contribution is -2.06. The Bertz CT molecular complexity index is 408. The van der Waals surface area contributed by atoms with Gasteiger partial charge in [0.2, 0.25) is 5.05 Å². The highest BCUT2D eigenvalue weighted by molar-refractivity contribution is 7.80. The van der Waals surface area contributed by atoms with Crippen molar-refractivity contribution < 1.29 is 4.74 Å². The highest BCUT2D eigenvalue weighted by Crippen LogP contribution is 2.11. The van der Waals surface area contributed by atoms with E-state index in [1.807, 2.05) is 48.7 Å². The number of H-pyrrole nitrogens is 1. The fraction of sp³-hybridized carbons (Fsp3) is 0. The topological polar surface area (TPSA) is 25.0 Å². The van der Waals surface area contributed by atoms with Crippen molar-refractivity contribution in [3.8, 4) is 5.75 Å². The number of para-hydroxylation sites is 1. The molecular weight excluding hydrogens is 194 g/mol. The van der Waals surface area contributed by atoms with Gasteiger partial charge in [0.05, 0.1) is 5.69 Å². The Morgan fingerprint density at radius 1 is 1.07 bits per heavy atom. The van der Waals surface area contributed by atoms with E-state index in [0.717, 1.165) is 11.4 Å². The molecule has 0 amide bonds. The summed E-state index contributed by atoms with van der Waals surface area (Å²) in [5.74, 6) is 0.757. The summed E-state index contributed by atoms with van der Waals surface area (Å²) in [7, 11) is 0. The summed E-state index contributed by atoms with van der Waals surface area (Å²) in [6.07, 6.45) is 1.82. The first kappa shape index (κ1) is 8.97. The Hall–Kier alpha value is -1.61. The van der Waals surface area contributed by atoms with Crippen molar-refractivity contribution in [1.82, 2.24) is 4.98 Å². The smallest absolute Gasteiger partial charge is 0.214 e. The maximum Gasteiger partial charge on any atom is 0.214 e. The van der Waals surface area contributed by atoms with Crippen molar-refractivity contribution in [1.29, 1.82) is 0 Å². The van der Waals surface area contributed by atoms with E-state index < -0.39 is 0 Å². The molecule has 2 aromatic rings. The van der Waals surface area contributed by atoms with Crippen LogP contribution in [-0.4, -0.2) is 10.0 Å². The van der Waals surface area contributed by atoms with Gasteiger partial charge < -0.3 is 9.72 Å². The normalized spacial score (nSPS) is 9.71. The standard InChI is InChI=1S/C11H9NOS/c14-11(10-7-4-8-12-10)13-9-5-2-1-3-6-9/h1-8,12H. The summed E-state index contributed by atoms with van der Waals surface area (Å²) in [4.78, 5) is 2.99. The third-order valence-corrected chi connectivity index (χ3v) is 2.07. The van der Waals surface area contributed by atoms with Crippen molar-refractivity contribution in [2.45, 2.75) is 0 Å². The average molecular weight is 203 g/mol. The van der Waals surface area contributed by atoms with Gasteiger partial charge in [0.25, 0.3) is 0 Å². The van der Waals surface area contributed by atoms with E-state index in [9.17, 15) is 0 Å². The van der Waals surface area contributed by atoms with Crippen molar-refractivity contribution >= 4 is 17.3 Å². The Labute approximate surface area is 87.5 Å². The van der Waals surface area contributed by atoms with E-state index >= 15 is 0 Å². The fourth-order valence-corrected chi connectivity index (χ4v) is 1.33. The molecular formula is C11H9NOS. The van der Waals surface area contributed by atoms with Crippen LogP contribution in [0.2, 0.25) is 0 Å². The largest absolute Gasteiger partial charge is 0.444 e. The second-order valence-corrected chi connectivity index (χ2v) is 3.16. The third-order valence-electron chi connectivity index (χ3n) is 1.77. The monoisotopic (exact) mass is 203 g/mol. The molecule has 14 heavy (non-hydrogen) atoms. The molecule has 1 aromatic heterocycles. The Balaban J connectivity index is 2.10. The lowest BCUT2D eigenvalue weighted by molar-refractivity contribution is 0.565. The fourth-order valence-electron chi connectivity index (χ4n) is 1.11. The number of rotatable bonds is 2. The molecule has 2 nitrogen and oxygen atoms in total. The summed E-state index contributed by atoms with van der Waals surface area (Å²) >= 11 is 5.10. The van der Waals surface area contributed by atoms with E-state index in [1.165, 1.54) is 0 Å². The molecule has 1 aromatic carbocycles. The van der Waals surface area contributed by atoms with E-state index in [-0.39, 0.29) is 0 Å². The van der Waals surface area contributed by atoms with Gasteiger partial charge in [-0.3, -0.25) is 0 Å². The van der Waals surface area contributed by atoms with Crippen LogP contribution in [0.15, 0.2) is 48.7 Å². The van der Waals surface area contributed by atoms with Crippen molar-refractivity contribution in [3.63, 3.8) is 0 Å². The summed E-state index contributed by atoms with van der Waals surface area (Å²) in [5.41, 5.74) is 0.823. The highest BCUT2D eigenvalue weighted by atomic mass is 32.1. The Kier molecular flexibility index (Phi) is 2.60. The summed E-state index contributed by atoms with van der Waals surface area (Å²) in [6, 6.07) is 13.3. The first-order chi connectivity index (χ1) is 6.86. The predicted octanol–water partition coefficient (Wildman–Crippen LogP) is 2.77. The van der Waals surface area contributed by atoms with Crippen LogP contribution in [0.1, 0.15) is 5.69 Å². The molecule has 70 valence electrons. The van der Waals surface area contributed by atoms with Crippen LogP contribution in [0, 0.1) is 0 Å². The Morgan fingerprint density at radius 3 is 2.50 bits per heavy atom. The number of hydrogen-bond acceptors (Lipinski definition) is 2. The van der Waals surface area contributed by atoms with Gasteiger partial charge in [-0.1, -0.05) is 18.2 Å². The molecule has 1 heterocycles. The molecule has 1 N–H and O–H groups in total. The summed E-state index contributed by atoms with van der Waals surface area (Å²) in [6.45, 7) is 0. The molecule has 0 spiro atoms. The minimum Gasteiger partial charge on any atom is -0.444 e. The molecule has 0 saturated carbocycles. The van der Waals surface area contributed by atoms with Gasteiger partial charge in [-0.05, 0) is 36.5 Å². The minimum absolute atomic E-state index is 0.459. The van der Waals surface area contributed by atoms with Gasteiger partial charge in [0.1, 0.15) is 5.75 Å². The van der Waals surface area contributed by atoms with Gasteiger partial charge in [-0.15, -0.1) is 0 Å². The zero-order valence-corrected chi connectivity index (χ0v) is 8.25.